The normalized spacial score (nSPS) is 23.7. The van der Waals surface area contributed by atoms with Gasteiger partial charge in [-0.2, -0.15) is 0 Å². The predicted molar refractivity (Wildman–Crippen MR) is 50.2 cm³/mol. The van der Waals surface area contributed by atoms with E-state index >= 15 is 0 Å². The van der Waals surface area contributed by atoms with Crippen LogP contribution in [0.25, 0.3) is 0 Å². The summed E-state index contributed by atoms with van der Waals surface area (Å²) in [4.78, 5) is 13.1. The molecule has 0 aromatic carbocycles. The molecule has 1 fully saturated rings. The highest BCUT2D eigenvalue weighted by Gasteiger charge is 2.35. The lowest BCUT2D eigenvalue weighted by Gasteiger charge is -2.22. The largest absolute Gasteiger partial charge is 0.340 e. The van der Waals surface area contributed by atoms with Crippen molar-refractivity contribution in [3.8, 4) is 0 Å². The van der Waals surface area contributed by atoms with Gasteiger partial charge in [-0.3, -0.25) is 4.79 Å². The van der Waals surface area contributed by atoms with Gasteiger partial charge in [-0.1, -0.05) is 13.3 Å². The molecule has 0 aromatic rings. The third-order valence-corrected chi connectivity index (χ3v) is 2.66. The maximum Gasteiger partial charge on any atom is 0.259 e. The van der Waals surface area contributed by atoms with Gasteiger partial charge in [0.15, 0.2) is 5.67 Å². The van der Waals surface area contributed by atoms with Gasteiger partial charge in [0.1, 0.15) is 0 Å². The Kier molecular flexibility index (Phi) is 2.94. The minimum absolute atomic E-state index is 0.358. The summed E-state index contributed by atoms with van der Waals surface area (Å²) in [5, 5.41) is 0. The summed E-state index contributed by atoms with van der Waals surface area (Å²) in [6, 6.07) is 0. The van der Waals surface area contributed by atoms with E-state index in [4.69, 9.17) is 0 Å². The Balaban J connectivity index is 2.52. The first-order valence-corrected chi connectivity index (χ1v) is 4.93. The number of hydrogen-bond donors (Lipinski definition) is 0. The van der Waals surface area contributed by atoms with Crippen LogP contribution < -0.4 is 0 Å². The molecule has 0 spiro atoms. The van der Waals surface area contributed by atoms with Crippen molar-refractivity contribution >= 4 is 5.91 Å². The van der Waals surface area contributed by atoms with Gasteiger partial charge >= 0.3 is 0 Å². The number of nitrogens with zero attached hydrogens (tertiary/aromatic N) is 1. The molecule has 0 aromatic heterocycles. The first-order valence-electron chi connectivity index (χ1n) is 4.93. The van der Waals surface area contributed by atoms with E-state index in [0.29, 0.717) is 5.92 Å². The molecule has 1 heterocycles. The predicted octanol–water partition coefficient (Wildman–Crippen LogP) is 1.99. The standard InChI is InChI=1S/C10H18FNO/c1-4-8-5-6-12(7-8)9(13)10(2,3)11/h8H,4-7H2,1-3H3. The lowest BCUT2D eigenvalue weighted by molar-refractivity contribution is -0.140. The molecule has 0 N–H and O–H groups in total. The zero-order chi connectivity index (χ0) is 10.1. The molecule has 1 aliphatic heterocycles. The molecular weight excluding hydrogens is 169 g/mol. The average molecular weight is 187 g/mol. The van der Waals surface area contributed by atoms with Crippen LogP contribution in [0.3, 0.4) is 0 Å². The minimum Gasteiger partial charge on any atom is -0.340 e. The van der Waals surface area contributed by atoms with Gasteiger partial charge < -0.3 is 4.90 Å². The highest BCUT2D eigenvalue weighted by Crippen LogP contribution is 2.23. The van der Waals surface area contributed by atoms with Crippen LogP contribution in [0.15, 0.2) is 0 Å². The van der Waals surface area contributed by atoms with Gasteiger partial charge in [-0.25, -0.2) is 4.39 Å². The van der Waals surface area contributed by atoms with Crippen molar-refractivity contribution in [1.82, 2.24) is 4.90 Å². The van der Waals surface area contributed by atoms with Gasteiger partial charge in [-0.15, -0.1) is 0 Å². The van der Waals surface area contributed by atoms with Crippen molar-refractivity contribution < 1.29 is 9.18 Å². The number of likely N-dealkylation sites (tertiary alicyclic amines) is 1. The lowest BCUT2D eigenvalue weighted by Crippen LogP contribution is -2.41. The highest BCUT2D eigenvalue weighted by molar-refractivity contribution is 5.84. The fourth-order valence-corrected chi connectivity index (χ4v) is 1.73. The Morgan fingerprint density at radius 3 is 2.62 bits per heavy atom. The third-order valence-electron chi connectivity index (χ3n) is 2.66. The Morgan fingerprint density at radius 1 is 1.62 bits per heavy atom. The van der Waals surface area contributed by atoms with Crippen LogP contribution in [-0.4, -0.2) is 29.6 Å². The Morgan fingerprint density at radius 2 is 2.23 bits per heavy atom. The molecule has 0 radical (unpaired) electrons. The van der Waals surface area contributed by atoms with E-state index in [1.54, 1.807) is 4.90 Å². The second-order valence-electron chi connectivity index (χ2n) is 4.29. The molecule has 1 amide bonds. The van der Waals surface area contributed by atoms with Gasteiger partial charge in [0.25, 0.3) is 5.91 Å². The quantitative estimate of drug-likeness (QED) is 0.647. The van der Waals surface area contributed by atoms with Crippen molar-refractivity contribution in [3.05, 3.63) is 0 Å². The van der Waals surface area contributed by atoms with Gasteiger partial charge in [0.2, 0.25) is 0 Å². The summed E-state index contributed by atoms with van der Waals surface area (Å²) >= 11 is 0. The Hall–Kier alpha value is -0.600. The summed E-state index contributed by atoms with van der Waals surface area (Å²) in [5.74, 6) is 0.217. The first kappa shape index (κ1) is 10.5. The molecule has 0 aliphatic carbocycles. The monoisotopic (exact) mass is 187 g/mol. The average Bonchev–Trinajstić information content (AvgIpc) is 2.48. The maximum absolute atomic E-state index is 13.3. The molecule has 1 atom stereocenters. The maximum atomic E-state index is 13.3. The van der Waals surface area contributed by atoms with E-state index < -0.39 is 5.67 Å². The van der Waals surface area contributed by atoms with Gasteiger partial charge in [0, 0.05) is 13.1 Å². The van der Waals surface area contributed by atoms with Crippen molar-refractivity contribution in [3.63, 3.8) is 0 Å². The zero-order valence-electron chi connectivity index (χ0n) is 8.64. The number of hydrogen-bond acceptors (Lipinski definition) is 1. The molecule has 3 heteroatoms. The second-order valence-corrected chi connectivity index (χ2v) is 4.29. The fourth-order valence-electron chi connectivity index (χ4n) is 1.73. The lowest BCUT2D eigenvalue weighted by atomic mass is 10.1. The zero-order valence-corrected chi connectivity index (χ0v) is 8.64. The van der Waals surface area contributed by atoms with Crippen LogP contribution in [0.5, 0.6) is 0 Å². The van der Waals surface area contributed by atoms with Crippen LogP contribution >= 0.6 is 0 Å². The molecule has 1 saturated heterocycles. The Bertz CT molecular complexity index is 198. The van der Waals surface area contributed by atoms with Crippen molar-refractivity contribution in [2.45, 2.75) is 39.3 Å². The molecule has 1 aliphatic rings. The molecule has 1 unspecified atom stereocenters. The third kappa shape index (κ3) is 2.42. The molecule has 0 bridgehead atoms. The smallest absolute Gasteiger partial charge is 0.259 e. The van der Waals surface area contributed by atoms with Crippen LogP contribution in [0.1, 0.15) is 33.6 Å². The number of carbonyl (C=O) groups is 1. The molecule has 1 rings (SSSR count). The van der Waals surface area contributed by atoms with E-state index in [1.807, 2.05) is 0 Å². The van der Waals surface area contributed by atoms with Crippen molar-refractivity contribution in [2.24, 2.45) is 5.92 Å². The van der Waals surface area contributed by atoms with Crippen molar-refractivity contribution in [1.29, 1.82) is 0 Å². The van der Waals surface area contributed by atoms with E-state index in [1.165, 1.54) is 13.8 Å². The summed E-state index contributed by atoms with van der Waals surface area (Å²) < 4.78 is 13.3. The summed E-state index contributed by atoms with van der Waals surface area (Å²) in [6.45, 7) is 6.23. The molecule has 76 valence electrons. The topological polar surface area (TPSA) is 20.3 Å². The summed E-state index contributed by atoms with van der Waals surface area (Å²) in [7, 11) is 0. The fraction of sp³-hybridized carbons (Fsp3) is 0.900. The van der Waals surface area contributed by atoms with Crippen LogP contribution in [0, 0.1) is 5.92 Å². The second kappa shape index (κ2) is 3.64. The number of amides is 1. The Labute approximate surface area is 79.1 Å². The van der Waals surface area contributed by atoms with Crippen molar-refractivity contribution in [2.75, 3.05) is 13.1 Å². The van der Waals surface area contributed by atoms with Crippen LogP contribution in [0.2, 0.25) is 0 Å². The number of carbonyl (C=O) groups excluding carboxylic acids is 1. The highest BCUT2D eigenvalue weighted by atomic mass is 19.1. The van der Waals surface area contributed by atoms with Crippen LogP contribution in [0.4, 0.5) is 4.39 Å². The number of rotatable bonds is 2. The van der Waals surface area contributed by atoms with Gasteiger partial charge in [-0.05, 0) is 26.2 Å². The minimum atomic E-state index is -1.71. The van der Waals surface area contributed by atoms with Gasteiger partial charge in [0.05, 0.1) is 0 Å². The molecule has 2 nitrogen and oxygen atoms in total. The summed E-state index contributed by atoms with van der Waals surface area (Å²) in [5.41, 5.74) is -1.71. The molecule has 0 saturated carbocycles. The number of halogens is 1. The van der Waals surface area contributed by atoms with Crippen LogP contribution in [-0.2, 0) is 4.79 Å². The van der Waals surface area contributed by atoms with E-state index in [2.05, 4.69) is 6.92 Å². The first-order chi connectivity index (χ1) is 5.95. The SMILES string of the molecule is CCC1CCN(C(=O)C(C)(C)F)C1. The number of alkyl halides is 1. The van der Waals surface area contributed by atoms with E-state index in [-0.39, 0.29) is 5.91 Å². The molecule has 13 heavy (non-hydrogen) atoms. The summed E-state index contributed by atoms with van der Waals surface area (Å²) in [6.07, 6.45) is 2.11. The van der Waals surface area contributed by atoms with E-state index in [9.17, 15) is 9.18 Å². The van der Waals surface area contributed by atoms with E-state index in [0.717, 1.165) is 25.9 Å². The molecular formula is C10H18FNO.